The Balaban J connectivity index is 1.56. The summed E-state index contributed by atoms with van der Waals surface area (Å²) in [4.78, 5) is 30.9. The van der Waals surface area contributed by atoms with E-state index in [0.29, 0.717) is 11.1 Å². The van der Waals surface area contributed by atoms with Crippen molar-refractivity contribution in [3.05, 3.63) is 41.4 Å². The molecule has 0 saturated heterocycles. The van der Waals surface area contributed by atoms with Crippen LogP contribution in [0.5, 0.6) is 0 Å². The molecule has 0 radical (unpaired) electrons. The van der Waals surface area contributed by atoms with Gasteiger partial charge in [0.2, 0.25) is 11.7 Å². The minimum Gasteiger partial charge on any atom is -0.434 e. The molecule has 0 spiro atoms. The maximum Gasteiger partial charge on any atom is 0.266 e. The third-order valence-electron chi connectivity index (χ3n) is 6.85. The third kappa shape index (κ3) is 8.53. The monoisotopic (exact) mass is 580 g/mol. The minimum absolute atomic E-state index is 0.00131. The summed E-state index contributed by atoms with van der Waals surface area (Å²) in [5.74, 6) is -1.89. The van der Waals surface area contributed by atoms with Gasteiger partial charge in [0.05, 0.1) is 23.0 Å². The number of oxazole rings is 1. The number of aromatic nitrogens is 1. The Morgan fingerprint density at radius 3 is 2.36 bits per heavy atom. The summed E-state index contributed by atoms with van der Waals surface area (Å²) in [6, 6.07) is 4.54. The number of Topliss-reactive ketones (excluding diaryl/α,β-unsaturated/α-hetero) is 1. The predicted octanol–water partition coefficient (Wildman–Crippen LogP) is 2.06. The van der Waals surface area contributed by atoms with Gasteiger partial charge < -0.3 is 20.4 Å². The Bertz CT molecular complexity index is 1410. The van der Waals surface area contributed by atoms with Gasteiger partial charge in [-0.3, -0.25) is 9.59 Å². The van der Waals surface area contributed by atoms with Crippen LogP contribution < -0.4 is 16.0 Å². The van der Waals surface area contributed by atoms with E-state index >= 15 is 0 Å². The highest BCUT2D eigenvalue weighted by molar-refractivity contribution is 7.93. The summed E-state index contributed by atoms with van der Waals surface area (Å²) in [5, 5.41) is 9.59. The van der Waals surface area contributed by atoms with Crippen molar-refractivity contribution in [3.63, 3.8) is 0 Å². The number of fused-ring (bicyclic) bond motifs is 1. The van der Waals surface area contributed by atoms with Crippen molar-refractivity contribution in [2.45, 2.75) is 70.0 Å². The SMILES string of the molecule is CCC(NC(=O)C(CS(=O)(=O)CC1CC1)N/C(=C/S(C)(=O)=O)NC1CCCC1)C(=O)c1nc2ccccc2o1. The van der Waals surface area contributed by atoms with Crippen LogP contribution in [0.1, 0.15) is 62.6 Å². The molecule has 1 heterocycles. The molecule has 3 N–H and O–H groups in total. The lowest BCUT2D eigenvalue weighted by atomic mass is 10.1. The first-order valence-corrected chi connectivity index (χ1v) is 17.1. The van der Waals surface area contributed by atoms with Crippen LogP contribution in [0, 0.1) is 5.92 Å². The van der Waals surface area contributed by atoms with Crippen LogP contribution in [0.3, 0.4) is 0 Å². The minimum atomic E-state index is -3.65. The molecule has 4 rings (SSSR count). The number of rotatable bonds is 14. The van der Waals surface area contributed by atoms with E-state index in [1.54, 1.807) is 31.2 Å². The molecule has 39 heavy (non-hydrogen) atoms. The van der Waals surface area contributed by atoms with Crippen molar-refractivity contribution in [1.82, 2.24) is 20.9 Å². The predicted molar refractivity (Wildman–Crippen MR) is 147 cm³/mol. The van der Waals surface area contributed by atoms with Gasteiger partial charge in [-0.1, -0.05) is 31.9 Å². The Labute approximate surface area is 229 Å². The van der Waals surface area contributed by atoms with Crippen LogP contribution in [0.2, 0.25) is 0 Å². The second kappa shape index (κ2) is 12.1. The quantitative estimate of drug-likeness (QED) is 0.282. The molecule has 2 atom stereocenters. The summed E-state index contributed by atoms with van der Waals surface area (Å²) in [5.41, 5.74) is 0.933. The number of amides is 1. The number of nitrogens with one attached hydrogen (secondary N) is 3. The van der Waals surface area contributed by atoms with Crippen molar-refractivity contribution in [2.75, 3.05) is 17.8 Å². The largest absolute Gasteiger partial charge is 0.434 e. The lowest BCUT2D eigenvalue weighted by molar-refractivity contribution is -0.123. The number of carbonyl (C=O) groups is 2. The van der Waals surface area contributed by atoms with Gasteiger partial charge >= 0.3 is 0 Å². The molecule has 2 aliphatic carbocycles. The van der Waals surface area contributed by atoms with Crippen LogP contribution in [0.15, 0.2) is 39.9 Å². The third-order valence-corrected chi connectivity index (χ3v) is 9.33. The summed E-state index contributed by atoms with van der Waals surface area (Å²) >= 11 is 0. The van der Waals surface area contributed by atoms with Crippen molar-refractivity contribution < 1.29 is 30.8 Å². The van der Waals surface area contributed by atoms with Crippen LogP contribution in [0.4, 0.5) is 0 Å². The zero-order valence-electron chi connectivity index (χ0n) is 22.2. The van der Waals surface area contributed by atoms with E-state index in [9.17, 15) is 26.4 Å². The number of sulfone groups is 2. The zero-order valence-corrected chi connectivity index (χ0v) is 23.8. The van der Waals surface area contributed by atoms with Gasteiger partial charge in [-0.2, -0.15) is 0 Å². The lowest BCUT2D eigenvalue weighted by Gasteiger charge is -2.25. The maximum absolute atomic E-state index is 13.5. The van der Waals surface area contributed by atoms with Crippen LogP contribution in [0.25, 0.3) is 11.1 Å². The summed E-state index contributed by atoms with van der Waals surface area (Å²) < 4.78 is 55.7. The van der Waals surface area contributed by atoms with Gasteiger partial charge in [-0.15, -0.1) is 0 Å². The van der Waals surface area contributed by atoms with Gasteiger partial charge in [-0.25, -0.2) is 21.8 Å². The standard InChI is InChI=1S/C26H36N4O7S2/c1-3-19(24(31)26-30-20-10-6-7-11-22(20)37-26)29-25(32)21(15-39(35,36)14-17-12-13-17)28-23(16-38(2,33)34)27-18-8-4-5-9-18/h6-7,10-11,16-19,21,27-28H,3-5,8-9,12-15H2,1-2H3,(H,29,32)/b23-16+. The van der Waals surface area contributed by atoms with E-state index in [4.69, 9.17) is 4.42 Å². The number of nitrogens with zero attached hydrogens (tertiary/aromatic N) is 1. The highest BCUT2D eigenvalue weighted by Crippen LogP contribution is 2.30. The highest BCUT2D eigenvalue weighted by atomic mass is 32.2. The lowest BCUT2D eigenvalue weighted by Crippen LogP contribution is -2.54. The zero-order chi connectivity index (χ0) is 28.2. The molecular weight excluding hydrogens is 544 g/mol. The molecule has 0 bridgehead atoms. The molecule has 13 heteroatoms. The molecular formula is C26H36N4O7S2. The Hall–Kier alpha value is -2.93. The number of ketones is 1. The van der Waals surface area contributed by atoms with Gasteiger partial charge in [0, 0.05) is 12.3 Å². The van der Waals surface area contributed by atoms with E-state index in [-0.39, 0.29) is 35.8 Å². The fourth-order valence-corrected chi connectivity index (χ4v) is 7.20. The van der Waals surface area contributed by atoms with Crippen molar-refractivity contribution in [3.8, 4) is 0 Å². The summed E-state index contributed by atoms with van der Waals surface area (Å²) in [6.07, 6.45) is 6.51. The first-order chi connectivity index (χ1) is 18.4. The molecule has 2 aromatic rings. The Morgan fingerprint density at radius 2 is 1.74 bits per heavy atom. The molecule has 2 unspecified atom stereocenters. The van der Waals surface area contributed by atoms with Crippen molar-refractivity contribution in [1.29, 1.82) is 0 Å². The van der Waals surface area contributed by atoms with E-state index < -0.39 is 49.2 Å². The van der Waals surface area contributed by atoms with E-state index in [2.05, 4.69) is 20.9 Å². The van der Waals surface area contributed by atoms with E-state index in [0.717, 1.165) is 50.2 Å². The summed E-state index contributed by atoms with van der Waals surface area (Å²) in [6.45, 7) is 1.70. The Morgan fingerprint density at radius 1 is 1.05 bits per heavy atom. The molecule has 11 nitrogen and oxygen atoms in total. The normalized spacial score (nSPS) is 18.6. The topological polar surface area (TPSA) is 165 Å². The second-order valence-electron chi connectivity index (χ2n) is 10.5. The van der Waals surface area contributed by atoms with Crippen molar-refractivity contribution in [2.24, 2.45) is 5.92 Å². The smallest absolute Gasteiger partial charge is 0.266 e. The van der Waals surface area contributed by atoms with Gasteiger partial charge in [0.15, 0.2) is 25.3 Å². The number of hydrogen-bond donors (Lipinski definition) is 3. The van der Waals surface area contributed by atoms with E-state index in [1.807, 2.05) is 0 Å². The fourth-order valence-electron chi connectivity index (χ4n) is 4.70. The number of hydrogen-bond acceptors (Lipinski definition) is 10. The number of carbonyl (C=O) groups excluding carboxylic acids is 2. The van der Waals surface area contributed by atoms with Crippen LogP contribution >= 0.6 is 0 Å². The first-order valence-electron chi connectivity index (χ1n) is 13.3. The van der Waals surface area contributed by atoms with Gasteiger partial charge in [0.25, 0.3) is 5.89 Å². The fraction of sp³-hybridized carbons (Fsp3) is 0.577. The molecule has 0 aliphatic heterocycles. The number of benzene rings is 1. The van der Waals surface area contributed by atoms with Gasteiger partial charge in [0.1, 0.15) is 17.4 Å². The average molecular weight is 581 g/mol. The molecule has 2 aliphatic rings. The van der Waals surface area contributed by atoms with E-state index in [1.165, 1.54) is 0 Å². The van der Waals surface area contributed by atoms with Crippen molar-refractivity contribution >= 4 is 42.5 Å². The molecule has 1 aromatic carbocycles. The molecule has 214 valence electrons. The van der Waals surface area contributed by atoms with Crippen LogP contribution in [-0.2, 0) is 24.5 Å². The van der Waals surface area contributed by atoms with Gasteiger partial charge in [-0.05, 0) is 50.2 Å². The first kappa shape index (κ1) is 29.1. The summed E-state index contributed by atoms with van der Waals surface area (Å²) in [7, 11) is -7.28. The molecule has 2 fully saturated rings. The number of para-hydroxylation sites is 2. The molecule has 1 amide bonds. The molecule has 1 aromatic heterocycles. The van der Waals surface area contributed by atoms with Crippen LogP contribution in [-0.4, -0.2) is 69.4 Å². The highest BCUT2D eigenvalue weighted by Gasteiger charge is 2.34. The Kier molecular flexibility index (Phi) is 9.00. The maximum atomic E-state index is 13.5. The average Bonchev–Trinajstić information content (AvgIpc) is 3.32. The second-order valence-corrected chi connectivity index (χ2v) is 14.6. The molecule has 2 saturated carbocycles.